The fourth-order valence-electron chi connectivity index (χ4n) is 2.28. The third-order valence-electron chi connectivity index (χ3n) is 3.26. The molecule has 0 bridgehead atoms. The molecule has 1 heterocycles. The predicted octanol–water partition coefficient (Wildman–Crippen LogP) is 4.44. The Morgan fingerprint density at radius 1 is 0.950 bits per heavy atom. The van der Waals surface area contributed by atoms with Crippen LogP contribution in [0.1, 0.15) is 5.56 Å². The number of aromatic amines is 1. The average molecular weight is 276 g/mol. The topological polar surface area (TPSA) is 41.8 Å². The summed E-state index contributed by atoms with van der Waals surface area (Å²) in [5, 5.41) is 0.930. The molecule has 0 saturated heterocycles. The molecule has 3 N–H and O–H groups in total. The molecule has 20 heavy (non-hydrogen) atoms. The van der Waals surface area contributed by atoms with Crippen LogP contribution in [0, 0.1) is 0 Å². The van der Waals surface area contributed by atoms with Gasteiger partial charge in [0.2, 0.25) is 0 Å². The van der Waals surface area contributed by atoms with Gasteiger partial charge in [0, 0.05) is 33.9 Å². The van der Waals surface area contributed by atoms with Gasteiger partial charge in [-0.05, 0) is 18.2 Å². The fourth-order valence-corrected chi connectivity index (χ4v) is 2.28. The van der Waals surface area contributed by atoms with E-state index in [0.29, 0.717) is 5.56 Å². The summed E-state index contributed by atoms with van der Waals surface area (Å²) < 4.78 is 37.9. The zero-order valence-corrected chi connectivity index (χ0v) is 10.3. The van der Waals surface area contributed by atoms with Crippen molar-refractivity contribution >= 4 is 16.6 Å². The van der Waals surface area contributed by atoms with Crippen LogP contribution >= 0.6 is 0 Å². The van der Waals surface area contributed by atoms with Crippen LogP contribution in [0.2, 0.25) is 0 Å². The standard InChI is InChI=1S/C15H11F3N2/c16-15(17,18)9-5-6-10(13(19)7-9)12-8-20-14-4-2-1-3-11(12)14/h1-8,20H,19H2. The first-order valence-electron chi connectivity index (χ1n) is 6.00. The maximum atomic E-state index is 12.6. The summed E-state index contributed by atoms with van der Waals surface area (Å²) in [6.07, 6.45) is -2.63. The van der Waals surface area contributed by atoms with Crippen molar-refractivity contribution in [2.24, 2.45) is 0 Å². The molecule has 0 atom stereocenters. The Morgan fingerprint density at radius 2 is 1.70 bits per heavy atom. The summed E-state index contributed by atoms with van der Waals surface area (Å²) in [5.74, 6) is 0. The van der Waals surface area contributed by atoms with E-state index in [1.807, 2.05) is 24.3 Å². The number of fused-ring (bicyclic) bond motifs is 1. The lowest BCUT2D eigenvalue weighted by Gasteiger charge is -2.10. The van der Waals surface area contributed by atoms with Crippen LogP contribution in [-0.4, -0.2) is 4.98 Å². The highest BCUT2D eigenvalue weighted by atomic mass is 19.4. The van der Waals surface area contributed by atoms with Gasteiger partial charge in [-0.3, -0.25) is 0 Å². The number of H-pyrrole nitrogens is 1. The van der Waals surface area contributed by atoms with Gasteiger partial charge >= 0.3 is 6.18 Å². The third-order valence-corrected chi connectivity index (χ3v) is 3.26. The number of nitrogens with two attached hydrogens (primary N) is 1. The van der Waals surface area contributed by atoms with E-state index in [2.05, 4.69) is 4.98 Å². The molecule has 0 saturated carbocycles. The number of hydrogen-bond acceptors (Lipinski definition) is 1. The van der Waals surface area contributed by atoms with E-state index in [1.54, 1.807) is 6.20 Å². The number of anilines is 1. The zero-order valence-electron chi connectivity index (χ0n) is 10.3. The van der Waals surface area contributed by atoms with Crippen molar-refractivity contribution in [3.63, 3.8) is 0 Å². The van der Waals surface area contributed by atoms with Crippen LogP contribution in [0.25, 0.3) is 22.0 Å². The monoisotopic (exact) mass is 276 g/mol. The predicted molar refractivity (Wildman–Crippen MR) is 73.1 cm³/mol. The van der Waals surface area contributed by atoms with Crippen molar-refractivity contribution in [1.82, 2.24) is 4.98 Å². The first-order valence-corrected chi connectivity index (χ1v) is 6.00. The summed E-state index contributed by atoms with van der Waals surface area (Å²) >= 11 is 0. The Kier molecular flexibility index (Phi) is 2.71. The van der Waals surface area contributed by atoms with Gasteiger partial charge in [-0.15, -0.1) is 0 Å². The summed E-state index contributed by atoms with van der Waals surface area (Å²) in [7, 11) is 0. The number of halogens is 3. The van der Waals surface area contributed by atoms with Gasteiger partial charge in [0.25, 0.3) is 0 Å². The highest BCUT2D eigenvalue weighted by molar-refractivity contribution is 5.98. The quantitative estimate of drug-likeness (QED) is 0.634. The molecule has 0 spiro atoms. The summed E-state index contributed by atoms with van der Waals surface area (Å²) in [6.45, 7) is 0. The van der Waals surface area contributed by atoms with Crippen molar-refractivity contribution < 1.29 is 13.2 Å². The molecule has 0 unspecified atom stereocenters. The van der Waals surface area contributed by atoms with Crippen molar-refractivity contribution in [2.75, 3.05) is 5.73 Å². The minimum atomic E-state index is -4.38. The van der Waals surface area contributed by atoms with Crippen LogP contribution in [0.15, 0.2) is 48.7 Å². The van der Waals surface area contributed by atoms with Crippen LogP contribution in [0.5, 0.6) is 0 Å². The van der Waals surface area contributed by atoms with E-state index in [4.69, 9.17) is 5.73 Å². The minimum Gasteiger partial charge on any atom is -0.398 e. The van der Waals surface area contributed by atoms with E-state index < -0.39 is 11.7 Å². The highest BCUT2D eigenvalue weighted by Crippen LogP contribution is 2.36. The Balaban J connectivity index is 2.16. The van der Waals surface area contributed by atoms with Gasteiger partial charge in [-0.25, -0.2) is 0 Å². The second-order valence-corrected chi connectivity index (χ2v) is 4.55. The molecule has 102 valence electrons. The lowest BCUT2D eigenvalue weighted by molar-refractivity contribution is -0.137. The number of nitrogens with one attached hydrogen (secondary N) is 1. The van der Waals surface area contributed by atoms with Crippen LogP contribution in [-0.2, 0) is 6.18 Å². The van der Waals surface area contributed by atoms with Gasteiger partial charge in [-0.1, -0.05) is 24.3 Å². The molecule has 0 aliphatic carbocycles. The number of benzene rings is 2. The van der Waals surface area contributed by atoms with Crippen LogP contribution in [0.3, 0.4) is 0 Å². The third kappa shape index (κ3) is 2.01. The first kappa shape index (κ1) is 12.6. The van der Waals surface area contributed by atoms with Crippen molar-refractivity contribution in [3.8, 4) is 11.1 Å². The zero-order chi connectivity index (χ0) is 14.3. The van der Waals surface area contributed by atoms with Gasteiger partial charge in [-0.2, -0.15) is 13.2 Å². The smallest absolute Gasteiger partial charge is 0.398 e. The first-order chi connectivity index (χ1) is 9.47. The summed E-state index contributed by atoms with van der Waals surface area (Å²) in [6, 6.07) is 11.0. The largest absolute Gasteiger partial charge is 0.416 e. The van der Waals surface area contributed by atoms with E-state index in [-0.39, 0.29) is 5.69 Å². The molecule has 3 aromatic rings. The van der Waals surface area contributed by atoms with Gasteiger partial charge < -0.3 is 10.7 Å². The molecule has 0 fully saturated rings. The molecular weight excluding hydrogens is 265 g/mol. The summed E-state index contributed by atoms with van der Waals surface area (Å²) in [5.41, 5.74) is 7.47. The van der Waals surface area contributed by atoms with Gasteiger partial charge in [0.1, 0.15) is 0 Å². The van der Waals surface area contributed by atoms with E-state index >= 15 is 0 Å². The number of nitrogen functional groups attached to an aromatic ring is 1. The maximum absolute atomic E-state index is 12.6. The molecule has 2 nitrogen and oxygen atoms in total. The SMILES string of the molecule is Nc1cc(C(F)(F)F)ccc1-c1c[nH]c2ccccc12. The molecule has 0 aliphatic heterocycles. The number of para-hydroxylation sites is 1. The Labute approximate surface area is 113 Å². The minimum absolute atomic E-state index is 0.115. The maximum Gasteiger partial charge on any atom is 0.416 e. The van der Waals surface area contributed by atoms with Gasteiger partial charge in [0.15, 0.2) is 0 Å². The normalized spacial score (nSPS) is 11.9. The molecule has 3 rings (SSSR count). The Bertz CT molecular complexity index is 772. The van der Waals surface area contributed by atoms with E-state index in [1.165, 1.54) is 6.07 Å². The molecular formula is C15H11F3N2. The lowest BCUT2D eigenvalue weighted by atomic mass is 10.0. The van der Waals surface area contributed by atoms with Gasteiger partial charge in [0.05, 0.1) is 5.56 Å². The summed E-state index contributed by atoms with van der Waals surface area (Å²) in [4.78, 5) is 3.08. The van der Waals surface area contributed by atoms with Crippen molar-refractivity contribution in [1.29, 1.82) is 0 Å². The molecule has 0 amide bonds. The Morgan fingerprint density at radius 3 is 2.40 bits per heavy atom. The van der Waals surface area contributed by atoms with Crippen LogP contribution in [0.4, 0.5) is 18.9 Å². The Hall–Kier alpha value is -2.43. The molecule has 1 aromatic heterocycles. The lowest BCUT2D eigenvalue weighted by Crippen LogP contribution is -2.05. The second-order valence-electron chi connectivity index (χ2n) is 4.55. The number of aromatic nitrogens is 1. The van der Waals surface area contributed by atoms with Crippen LogP contribution < -0.4 is 5.73 Å². The number of alkyl halides is 3. The molecule has 0 radical (unpaired) electrons. The second kappa shape index (κ2) is 4.30. The number of hydrogen-bond donors (Lipinski definition) is 2. The number of rotatable bonds is 1. The van der Waals surface area contributed by atoms with Crippen molar-refractivity contribution in [2.45, 2.75) is 6.18 Å². The van der Waals surface area contributed by atoms with Crippen molar-refractivity contribution in [3.05, 3.63) is 54.2 Å². The molecule has 0 aliphatic rings. The fraction of sp³-hybridized carbons (Fsp3) is 0.0667. The van der Waals surface area contributed by atoms with E-state index in [0.717, 1.165) is 28.6 Å². The van der Waals surface area contributed by atoms with E-state index in [9.17, 15) is 13.2 Å². The molecule has 2 aromatic carbocycles. The highest BCUT2D eigenvalue weighted by Gasteiger charge is 2.30. The molecule has 5 heteroatoms. The average Bonchev–Trinajstić information content (AvgIpc) is 2.81.